The van der Waals surface area contributed by atoms with Gasteiger partial charge in [-0.3, -0.25) is 4.98 Å². The Kier molecular flexibility index (Phi) is 11.8. The second-order valence-corrected chi connectivity index (χ2v) is 7.68. The number of benzene rings is 2. The Hall–Kier alpha value is -3.37. The van der Waals surface area contributed by atoms with Crippen LogP contribution in [0.2, 0.25) is 0 Å². The number of anilines is 1. The molecule has 2 heterocycles. The lowest BCUT2D eigenvalue weighted by Gasteiger charge is -2.26. The second-order valence-electron chi connectivity index (χ2n) is 7.68. The normalized spacial score (nSPS) is 13.0. The fourth-order valence-corrected chi connectivity index (χ4v) is 3.80. The van der Waals surface area contributed by atoms with E-state index in [1.54, 1.807) is 30.5 Å². The Labute approximate surface area is 208 Å². The molecule has 0 aliphatic carbocycles. The molecule has 4 rings (SSSR count). The minimum Gasteiger partial charge on any atom is -0.492 e. The highest BCUT2D eigenvalue weighted by Gasteiger charge is 2.13. The van der Waals surface area contributed by atoms with Crippen molar-refractivity contribution in [3.63, 3.8) is 0 Å². The minimum absolute atomic E-state index is 0.0563. The van der Waals surface area contributed by atoms with Crippen molar-refractivity contribution < 1.29 is 13.9 Å². The molecular weight excluding hydrogens is 443 g/mol. The molecule has 0 radical (unpaired) electrons. The molecule has 6 nitrogen and oxygen atoms in total. The van der Waals surface area contributed by atoms with Crippen LogP contribution in [0.3, 0.4) is 0 Å². The number of ether oxygens (including phenoxy) is 2. The van der Waals surface area contributed by atoms with Gasteiger partial charge in [0.2, 0.25) is 0 Å². The van der Waals surface area contributed by atoms with Crippen molar-refractivity contribution in [2.24, 2.45) is 0 Å². The lowest BCUT2D eigenvalue weighted by Crippen LogP contribution is -2.31. The van der Waals surface area contributed by atoms with Gasteiger partial charge < -0.3 is 20.1 Å². The number of nitrogen functional groups attached to an aromatic ring is 1. The number of piperidine rings is 1. The quantitative estimate of drug-likeness (QED) is 0.292. The molecule has 35 heavy (non-hydrogen) atoms. The number of halogens is 1. The highest BCUT2D eigenvalue weighted by Crippen LogP contribution is 2.33. The van der Waals surface area contributed by atoms with Gasteiger partial charge in [-0.05, 0) is 56.6 Å². The van der Waals surface area contributed by atoms with Crippen LogP contribution in [0.25, 0.3) is 10.9 Å². The summed E-state index contributed by atoms with van der Waals surface area (Å²) in [5.41, 5.74) is 6.63. The van der Waals surface area contributed by atoms with Gasteiger partial charge in [0.05, 0.1) is 23.4 Å². The van der Waals surface area contributed by atoms with Crippen LogP contribution in [0, 0.1) is 17.1 Å². The molecule has 0 unspecified atom stereocenters. The average molecular weight is 481 g/mol. The van der Waals surface area contributed by atoms with E-state index in [0.717, 1.165) is 26.1 Å². The van der Waals surface area contributed by atoms with Crippen LogP contribution >= 0.6 is 0 Å². The van der Waals surface area contributed by atoms with E-state index in [1.165, 1.54) is 31.4 Å². The van der Waals surface area contributed by atoms with Gasteiger partial charge in [0.25, 0.3) is 0 Å². The van der Waals surface area contributed by atoms with Gasteiger partial charge in [0.1, 0.15) is 29.1 Å². The van der Waals surface area contributed by atoms with Crippen LogP contribution < -0.4 is 15.2 Å². The van der Waals surface area contributed by atoms with E-state index in [0.29, 0.717) is 40.3 Å². The Balaban J connectivity index is 0.00000103. The van der Waals surface area contributed by atoms with Crippen LogP contribution in [0.4, 0.5) is 10.1 Å². The molecule has 1 saturated heterocycles. The Morgan fingerprint density at radius 3 is 2.46 bits per heavy atom. The van der Waals surface area contributed by atoms with E-state index in [9.17, 15) is 9.65 Å². The number of nitrogens with two attached hydrogens (primary N) is 1. The number of hydrogen-bond acceptors (Lipinski definition) is 6. The zero-order chi connectivity index (χ0) is 25.6. The van der Waals surface area contributed by atoms with Crippen molar-refractivity contribution >= 4 is 16.6 Å². The second kappa shape index (κ2) is 14.8. The van der Waals surface area contributed by atoms with Crippen molar-refractivity contribution in [2.45, 2.75) is 53.4 Å². The maximum Gasteiger partial charge on any atom is 0.149 e. The Morgan fingerprint density at radius 2 is 1.77 bits per heavy atom. The summed E-state index contributed by atoms with van der Waals surface area (Å²) >= 11 is 0. The molecule has 2 aromatic carbocycles. The van der Waals surface area contributed by atoms with Crippen LogP contribution in [-0.2, 0) is 0 Å². The third-order valence-electron chi connectivity index (χ3n) is 5.45. The van der Waals surface area contributed by atoms with Gasteiger partial charge in [-0.2, -0.15) is 5.26 Å². The SMILES string of the molecule is CC.CC.N#Cc1cc2c(Oc3ccc(N)c(F)c3)ccnc2cc1OCCCN1CCCCC1. The molecule has 7 heteroatoms. The van der Waals surface area contributed by atoms with E-state index in [4.69, 9.17) is 15.2 Å². The fraction of sp³-hybridized carbons (Fsp3) is 0.429. The molecule has 1 aromatic heterocycles. The Morgan fingerprint density at radius 1 is 1.03 bits per heavy atom. The van der Waals surface area contributed by atoms with Crippen molar-refractivity contribution in [1.82, 2.24) is 9.88 Å². The summed E-state index contributed by atoms with van der Waals surface area (Å²) in [7, 11) is 0. The molecule has 1 aliphatic heterocycles. The number of rotatable bonds is 7. The van der Waals surface area contributed by atoms with E-state index in [2.05, 4.69) is 16.0 Å². The summed E-state index contributed by atoms with van der Waals surface area (Å²) in [5.74, 6) is 0.753. The maximum absolute atomic E-state index is 13.8. The lowest BCUT2D eigenvalue weighted by molar-refractivity contribution is 0.205. The first-order chi connectivity index (χ1) is 17.1. The molecule has 2 N–H and O–H groups in total. The van der Waals surface area contributed by atoms with Crippen LogP contribution in [0.5, 0.6) is 17.2 Å². The third kappa shape index (κ3) is 7.83. The molecule has 1 fully saturated rings. The first-order valence-electron chi connectivity index (χ1n) is 12.5. The summed E-state index contributed by atoms with van der Waals surface area (Å²) in [6.45, 7) is 11.9. The third-order valence-corrected chi connectivity index (χ3v) is 5.45. The number of hydrogen-bond donors (Lipinski definition) is 1. The van der Waals surface area contributed by atoms with Gasteiger partial charge in [0, 0.05) is 30.3 Å². The van der Waals surface area contributed by atoms with Gasteiger partial charge in [-0.25, -0.2) is 4.39 Å². The van der Waals surface area contributed by atoms with E-state index >= 15 is 0 Å². The highest BCUT2D eigenvalue weighted by molar-refractivity contribution is 5.88. The fourth-order valence-electron chi connectivity index (χ4n) is 3.80. The molecule has 0 atom stereocenters. The molecule has 0 bridgehead atoms. The molecule has 0 saturated carbocycles. The van der Waals surface area contributed by atoms with Crippen molar-refractivity contribution in [2.75, 3.05) is 32.0 Å². The lowest BCUT2D eigenvalue weighted by atomic mass is 10.1. The standard InChI is InChI=1S/C24H25FN4O2.2C2H6/c25-20-14-18(5-6-21(20)27)31-23-7-8-28-22-15-24(17(16-26)13-19(22)23)30-12-4-11-29-9-2-1-3-10-29;2*1-2/h5-8,13-15H,1-4,9-12,27H2;2*1-2H3. The first-order valence-corrected chi connectivity index (χ1v) is 12.5. The predicted octanol–water partition coefficient (Wildman–Crippen LogP) is 6.93. The monoisotopic (exact) mass is 480 g/mol. The number of likely N-dealkylation sites (tertiary alicyclic amines) is 1. The predicted molar refractivity (Wildman–Crippen MR) is 140 cm³/mol. The zero-order valence-corrected chi connectivity index (χ0v) is 21.3. The molecule has 0 spiro atoms. The summed E-state index contributed by atoms with van der Waals surface area (Å²) in [5, 5.41) is 10.3. The van der Waals surface area contributed by atoms with Crippen molar-refractivity contribution in [3.05, 3.63) is 54.0 Å². The molecule has 0 amide bonds. The summed E-state index contributed by atoms with van der Waals surface area (Å²) in [6, 6.07) is 11.6. The molecule has 3 aromatic rings. The van der Waals surface area contributed by atoms with Crippen LogP contribution in [0.1, 0.15) is 58.9 Å². The van der Waals surface area contributed by atoms with Gasteiger partial charge >= 0.3 is 0 Å². The van der Waals surface area contributed by atoms with E-state index < -0.39 is 5.82 Å². The largest absolute Gasteiger partial charge is 0.492 e. The van der Waals surface area contributed by atoms with Crippen molar-refractivity contribution in [3.8, 4) is 23.3 Å². The van der Waals surface area contributed by atoms with Crippen LogP contribution in [-0.4, -0.2) is 36.1 Å². The van der Waals surface area contributed by atoms with Gasteiger partial charge in [-0.15, -0.1) is 0 Å². The molecule has 188 valence electrons. The topological polar surface area (TPSA) is 84.4 Å². The average Bonchev–Trinajstić information content (AvgIpc) is 2.91. The first kappa shape index (κ1) is 27.9. The number of fused-ring (bicyclic) bond motifs is 1. The molecular formula is C28H37FN4O2. The van der Waals surface area contributed by atoms with Gasteiger partial charge in [0.15, 0.2) is 0 Å². The van der Waals surface area contributed by atoms with Gasteiger partial charge in [-0.1, -0.05) is 34.1 Å². The number of pyridine rings is 1. The van der Waals surface area contributed by atoms with Crippen molar-refractivity contribution in [1.29, 1.82) is 5.26 Å². The van der Waals surface area contributed by atoms with E-state index in [1.807, 2.05) is 27.7 Å². The minimum atomic E-state index is -0.547. The number of aromatic nitrogens is 1. The maximum atomic E-state index is 13.8. The number of nitriles is 1. The van der Waals surface area contributed by atoms with Crippen LogP contribution in [0.15, 0.2) is 42.6 Å². The molecule has 1 aliphatic rings. The number of nitrogens with zero attached hydrogens (tertiary/aromatic N) is 3. The van der Waals surface area contributed by atoms with E-state index in [-0.39, 0.29) is 5.69 Å². The Bertz CT molecular complexity index is 1110. The zero-order valence-electron chi connectivity index (χ0n) is 21.3. The smallest absolute Gasteiger partial charge is 0.149 e. The summed E-state index contributed by atoms with van der Waals surface area (Å²) < 4.78 is 25.5. The summed E-state index contributed by atoms with van der Waals surface area (Å²) in [6.07, 6.45) is 6.37. The highest BCUT2D eigenvalue weighted by atomic mass is 19.1. The summed E-state index contributed by atoms with van der Waals surface area (Å²) in [4.78, 5) is 6.84.